The molecule has 1 aliphatic heterocycles. The first kappa shape index (κ1) is 18.4. The Kier molecular flexibility index (Phi) is 4.95. The zero-order valence-corrected chi connectivity index (χ0v) is 16.4. The number of carbonyl (C=O) groups is 2. The van der Waals surface area contributed by atoms with Gasteiger partial charge in [-0.15, -0.1) is 16.4 Å². The minimum Gasteiger partial charge on any atom is -0.459 e. The van der Waals surface area contributed by atoms with E-state index in [1.807, 2.05) is 13.8 Å². The van der Waals surface area contributed by atoms with Gasteiger partial charge in [0.25, 0.3) is 11.8 Å². The van der Waals surface area contributed by atoms with E-state index < -0.39 is 0 Å². The summed E-state index contributed by atoms with van der Waals surface area (Å²) in [6.07, 6.45) is 4.60. The van der Waals surface area contributed by atoms with Crippen LogP contribution in [0.5, 0.6) is 0 Å². The van der Waals surface area contributed by atoms with Crippen molar-refractivity contribution < 1.29 is 14.0 Å². The monoisotopic (exact) mass is 400 g/mol. The molecule has 10 heteroatoms. The number of piperidine rings is 1. The average molecular weight is 400 g/mol. The summed E-state index contributed by atoms with van der Waals surface area (Å²) in [4.78, 5) is 28.3. The van der Waals surface area contributed by atoms with E-state index in [0.717, 1.165) is 23.3 Å². The van der Waals surface area contributed by atoms with Crippen LogP contribution in [0.1, 0.15) is 44.2 Å². The molecule has 0 radical (unpaired) electrons. The van der Waals surface area contributed by atoms with Gasteiger partial charge in [0, 0.05) is 24.0 Å². The highest BCUT2D eigenvalue weighted by atomic mass is 32.1. The third-order valence-corrected chi connectivity index (χ3v) is 6.12. The maximum absolute atomic E-state index is 13.1. The minimum atomic E-state index is -0.176. The van der Waals surface area contributed by atoms with Crippen LogP contribution in [0.3, 0.4) is 0 Å². The third kappa shape index (κ3) is 3.42. The van der Waals surface area contributed by atoms with Gasteiger partial charge in [-0.25, -0.2) is 0 Å². The van der Waals surface area contributed by atoms with Gasteiger partial charge in [-0.3, -0.25) is 9.59 Å². The van der Waals surface area contributed by atoms with Gasteiger partial charge in [-0.05, 0) is 54.8 Å². The van der Waals surface area contributed by atoms with E-state index in [2.05, 4.69) is 20.8 Å². The first-order valence-corrected chi connectivity index (χ1v) is 9.83. The largest absolute Gasteiger partial charge is 0.459 e. The van der Waals surface area contributed by atoms with E-state index in [0.29, 0.717) is 29.4 Å². The summed E-state index contributed by atoms with van der Waals surface area (Å²) in [5.74, 6) is -0.0113. The minimum absolute atomic E-state index is 0.124. The van der Waals surface area contributed by atoms with Gasteiger partial charge in [-0.2, -0.15) is 4.68 Å². The zero-order valence-electron chi connectivity index (χ0n) is 15.6. The van der Waals surface area contributed by atoms with Crippen LogP contribution in [0.15, 0.2) is 29.1 Å². The maximum atomic E-state index is 13.1. The van der Waals surface area contributed by atoms with E-state index in [1.54, 1.807) is 17.0 Å². The fourth-order valence-electron chi connectivity index (χ4n) is 3.39. The average Bonchev–Trinajstić information content (AvgIpc) is 3.44. The molecule has 4 heterocycles. The van der Waals surface area contributed by atoms with Crippen molar-refractivity contribution in [3.8, 4) is 5.00 Å². The number of nitrogens with one attached hydrogen (secondary N) is 1. The van der Waals surface area contributed by atoms with Crippen molar-refractivity contribution in [1.29, 1.82) is 0 Å². The predicted octanol–water partition coefficient (Wildman–Crippen LogP) is 1.97. The van der Waals surface area contributed by atoms with Crippen molar-refractivity contribution in [2.24, 2.45) is 0 Å². The van der Waals surface area contributed by atoms with Gasteiger partial charge in [0.05, 0.1) is 11.8 Å². The van der Waals surface area contributed by atoms with E-state index in [1.165, 1.54) is 28.6 Å². The highest BCUT2D eigenvalue weighted by Gasteiger charge is 2.29. The first-order chi connectivity index (χ1) is 13.5. The third-order valence-electron chi connectivity index (χ3n) is 4.93. The van der Waals surface area contributed by atoms with E-state index in [4.69, 9.17) is 4.42 Å². The topological polar surface area (TPSA) is 106 Å². The Morgan fingerprint density at radius 1 is 1.36 bits per heavy atom. The highest BCUT2D eigenvalue weighted by molar-refractivity contribution is 7.15. The van der Waals surface area contributed by atoms with Gasteiger partial charge in [0.1, 0.15) is 11.3 Å². The van der Waals surface area contributed by atoms with Gasteiger partial charge in [0.2, 0.25) is 0 Å². The Labute approximate surface area is 165 Å². The summed E-state index contributed by atoms with van der Waals surface area (Å²) >= 11 is 1.48. The molecule has 0 aliphatic carbocycles. The lowest BCUT2D eigenvalue weighted by Gasteiger charge is -2.32. The Morgan fingerprint density at radius 3 is 2.93 bits per heavy atom. The lowest BCUT2D eigenvalue weighted by molar-refractivity contribution is 0.0647. The van der Waals surface area contributed by atoms with E-state index >= 15 is 0 Å². The number of rotatable bonds is 4. The Balaban J connectivity index is 1.50. The van der Waals surface area contributed by atoms with Crippen molar-refractivity contribution in [1.82, 2.24) is 30.4 Å². The van der Waals surface area contributed by atoms with Crippen molar-refractivity contribution in [2.75, 3.05) is 13.1 Å². The van der Waals surface area contributed by atoms with Crippen molar-refractivity contribution in [3.05, 3.63) is 46.5 Å². The molecule has 1 fully saturated rings. The number of aryl methyl sites for hydroxylation is 1. The fourth-order valence-corrected chi connectivity index (χ4v) is 4.46. The van der Waals surface area contributed by atoms with Gasteiger partial charge >= 0.3 is 0 Å². The number of likely N-dealkylation sites (tertiary alicyclic amines) is 1. The smallest absolute Gasteiger partial charge is 0.289 e. The number of aromatic nitrogens is 4. The molecule has 1 saturated heterocycles. The summed E-state index contributed by atoms with van der Waals surface area (Å²) in [6, 6.07) is 3.22. The molecule has 3 aromatic rings. The van der Waals surface area contributed by atoms with Gasteiger partial charge in [0.15, 0.2) is 5.76 Å². The molecule has 1 N–H and O–H groups in total. The number of furan rings is 1. The quantitative estimate of drug-likeness (QED) is 0.718. The first-order valence-electron chi connectivity index (χ1n) is 9.01. The summed E-state index contributed by atoms with van der Waals surface area (Å²) in [5, 5.41) is 15.0. The Hall–Kier alpha value is -3.01. The lowest BCUT2D eigenvalue weighted by Crippen LogP contribution is -2.49. The van der Waals surface area contributed by atoms with Crippen LogP contribution in [-0.2, 0) is 0 Å². The van der Waals surface area contributed by atoms with Crippen LogP contribution in [-0.4, -0.2) is 56.1 Å². The molecule has 0 aromatic carbocycles. The molecule has 2 amide bonds. The molecule has 28 heavy (non-hydrogen) atoms. The predicted molar refractivity (Wildman–Crippen MR) is 102 cm³/mol. The molecule has 146 valence electrons. The number of amides is 2. The Morgan fingerprint density at radius 2 is 2.21 bits per heavy atom. The van der Waals surface area contributed by atoms with Crippen LogP contribution in [0, 0.1) is 13.8 Å². The summed E-state index contributed by atoms with van der Waals surface area (Å²) in [6.45, 7) is 4.99. The molecule has 1 unspecified atom stereocenters. The molecule has 3 aromatic heterocycles. The van der Waals surface area contributed by atoms with Gasteiger partial charge in [-0.1, -0.05) is 0 Å². The Bertz CT molecular complexity index is 980. The number of hydrogen-bond acceptors (Lipinski definition) is 7. The molecule has 1 atom stereocenters. The highest BCUT2D eigenvalue weighted by Crippen LogP contribution is 2.30. The van der Waals surface area contributed by atoms with Crippen LogP contribution in [0.4, 0.5) is 0 Å². The second-order valence-corrected chi connectivity index (χ2v) is 7.96. The summed E-state index contributed by atoms with van der Waals surface area (Å²) in [7, 11) is 0. The molecule has 0 spiro atoms. The standard InChI is InChI=1S/C18H20N6O3S/c1-11-12(2)28-18(24-10-19-21-22-24)15(11)16(25)20-13-5-3-7-23(9-13)17(26)14-6-4-8-27-14/h4,6,8,10,13H,3,5,7,9H2,1-2H3,(H,20,25). The summed E-state index contributed by atoms with van der Waals surface area (Å²) in [5.41, 5.74) is 1.48. The molecule has 0 saturated carbocycles. The molecular formula is C18H20N6O3S. The molecule has 0 bridgehead atoms. The van der Waals surface area contributed by atoms with Crippen LogP contribution < -0.4 is 5.32 Å². The maximum Gasteiger partial charge on any atom is 0.289 e. The fraction of sp³-hybridized carbons (Fsp3) is 0.389. The molecule has 1 aliphatic rings. The number of thiophene rings is 1. The van der Waals surface area contributed by atoms with Crippen LogP contribution >= 0.6 is 11.3 Å². The van der Waals surface area contributed by atoms with Crippen LogP contribution in [0.2, 0.25) is 0 Å². The number of nitrogens with zero attached hydrogens (tertiary/aromatic N) is 5. The van der Waals surface area contributed by atoms with Crippen molar-refractivity contribution in [2.45, 2.75) is 32.7 Å². The second-order valence-electron chi connectivity index (χ2n) is 6.76. The van der Waals surface area contributed by atoms with E-state index in [9.17, 15) is 9.59 Å². The van der Waals surface area contributed by atoms with Crippen molar-refractivity contribution >= 4 is 23.2 Å². The molecule has 9 nitrogen and oxygen atoms in total. The van der Waals surface area contributed by atoms with Gasteiger partial charge < -0.3 is 14.6 Å². The van der Waals surface area contributed by atoms with Crippen LogP contribution in [0.25, 0.3) is 5.00 Å². The molecular weight excluding hydrogens is 380 g/mol. The molecule has 4 rings (SSSR count). The lowest BCUT2D eigenvalue weighted by atomic mass is 10.0. The number of tetrazole rings is 1. The number of carbonyl (C=O) groups excluding carboxylic acids is 2. The SMILES string of the molecule is Cc1sc(-n2cnnn2)c(C(=O)NC2CCCN(C(=O)c3ccco3)C2)c1C. The normalized spacial score (nSPS) is 16.9. The number of hydrogen-bond donors (Lipinski definition) is 1. The summed E-state index contributed by atoms with van der Waals surface area (Å²) < 4.78 is 6.72. The zero-order chi connectivity index (χ0) is 19.7. The van der Waals surface area contributed by atoms with E-state index in [-0.39, 0.29) is 17.9 Å². The second kappa shape index (κ2) is 7.55. The van der Waals surface area contributed by atoms with Crippen molar-refractivity contribution in [3.63, 3.8) is 0 Å².